The number of imide groups is 1. The third kappa shape index (κ3) is 3.80. The molecule has 0 fully saturated rings. The fourth-order valence-corrected chi connectivity index (χ4v) is 3.36. The molecule has 0 aliphatic carbocycles. The fourth-order valence-electron chi connectivity index (χ4n) is 3.36. The van der Waals surface area contributed by atoms with Crippen molar-refractivity contribution in [2.24, 2.45) is 0 Å². The van der Waals surface area contributed by atoms with E-state index < -0.39 is 0 Å². The van der Waals surface area contributed by atoms with Crippen molar-refractivity contribution in [1.82, 2.24) is 9.88 Å². The highest BCUT2D eigenvalue weighted by atomic mass is 16.2. The van der Waals surface area contributed by atoms with Crippen LogP contribution in [0.15, 0.2) is 78.8 Å². The van der Waals surface area contributed by atoms with Crippen LogP contribution in [0.1, 0.15) is 22.3 Å². The number of pyridine rings is 1. The van der Waals surface area contributed by atoms with Crippen molar-refractivity contribution < 1.29 is 9.59 Å². The molecule has 0 bridgehead atoms. The minimum absolute atomic E-state index is 0.203. The molecular formula is C24H21N3O2. The van der Waals surface area contributed by atoms with Crippen LogP contribution >= 0.6 is 0 Å². The minimum atomic E-state index is -0.330. The summed E-state index contributed by atoms with van der Waals surface area (Å²) in [6.07, 6.45) is 3.31. The van der Waals surface area contributed by atoms with Crippen LogP contribution in [0, 0.1) is 13.8 Å². The summed E-state index contributed by atoms with van der Waals surface area (Å²) in [6.45, 7) is 4.17. The number of nitrogens with zero attached hydrogens (tertiary/aromatic N) is 2. The number of amides is 2. The first kappa shape index (κ1) is 18.6. The molecule has 1 aromatic heterocycles. The predicted octanol–water partition coefficient (Wildman–Crippen LogP) is 4.09. The number of aromatic nitrogens is 1. The number of hydrogen-bond donors (Lipinski definition) is 1. The summed E-state index contributed by atoms with van der Waals surface area (Å²) in [5.74, 6) is -0.630. The molecule has 2 heterocycles. The van der Waals surface area contributed by atoms with Gasteiger partial charge in [-0.3, -0.25) is 19.5 Å². The van der Waals surface area contributed by atoms with Crippen LogP contribution in [0.2, 0.25) is 0 Å². The molecule has 3 aromatic rings. The average Bonchev–Trinajstić information content (AvgIpc) is 2.94. The second kappa shape index (κ2) is 7.72. The standard InChI is InChI=1S/C24H21N3O2/c1-16-6-8-19(9-7-16)21-22(26-20-5-3-4-17(2)14-20)24(29)27(23(21)28)15-18-10-12-25-13-11-18/h3-14,26H,15H2,1-2H3. The van der Waals surface area contributed by atoms with Crippen molar-refractivity contribution in [3.05, 3.63) is 101 Å². The topological polar surface area (TPSA) is 62.3 Å². The van der Waals surface area contributed by atoms with Gasteiger partial charge >= 0.3 is 0 Å². The SMILES string of the molecule is Cc1ccc(C2=C(Nc3cccc(C)c3)C(=O)N(Cc3ccncc3)C2=O)cc1. The Kier molecular flexibility index (Phi) is 4.96. The Balaban J connectivity index is 1.75. The van der Waals surface area contributed by atoms with Gasteiger partial charge in [0.1, 0.15) is 5.70 Å². The van der Waals surface area contributed by atoms with E-state index in [9.17, 15) is 9.59 Å². The molecular weight excluding hydrogens is 362 g/mol. The number of nitrogens with one attached hydrogen (secondary N) is 1. The van der Waals surface area contributed by atoms with Gasteiger partial charge < -0.3 is 5.32 Å². The predicted molar refractivity (Wildman–Crippen MR) is 113 cm³/mol. The van der Waals surface area contributed by atoms with Gasteiger partial charge in [-0.1, -0.05) is 42.0 Å². The van der Waals surface area contributed by atoms with E-state index >= 15 is 0 Å². The minimum Gasteiger partial charge on any atom is -0.350 e. The van der Waals surface area contributed by atoms with Crippen molar-refractivity contribution in [2.75, 3.05) is 5.32 Å². The first-order chi connectivity index (χ1) is 14.0. The van der Waals surface area contributed by atoms with Gasteiger partial charge in [0.2, 0.25) is 0 Å². The first-order valence-electron chi connectivity index (χ1n) is 9.43. The van der Waals surface area contributed by atoms with Gasteiger partial charge in [0, 0.05) is 18.1 Å². The average molecular weight is 383 g/mol. The Morgan fingerprint density at radius 3 is 2.28 bits per heavy atom. The van der Waals surface area contributed by atoms with E-state index in [2.05, 4.69) is 10.3 Å². The number of carbonyl (C=O) groups is 2. The number of aryl methyl sites for hydroxylation is 2. The molecule has 2 aromatic carbocycles. The van der Waals surface area contributed by atoms with E-state index in [0.29, 0.717) is 11.3 Å². The Labute approximate surface area is 169 Å². The van der Waals surface area contributed by atoms with E-state index in [0.717, 1.165) is 27.9 Å². The molecule has 0 unspecified atom stereocenters. The molecule has 0 spiro atoms. The molecule has 0 atom stereocenters. The molecule has 5 nitrogen and oxygen atoms in total. The number of hydrogen-bond acceptors (Lipinski definition) is 4. The second-order valence-corrected chi connectivity index (χ2v) is 7.16. The molecule has 1 N–H and O–H groups in total. The van der Waals surface area contributed by atoms with Gasteiger partial charge in [-0.2, -0.15) is 0 Å². The maximum atomic E-state index is 13.3. The lowest BCUT2D eigenvalue weighted by atomic mass is 10.0. The first-order valence-corrected chi connectivity index (χ1v) is 9.43. The third-order valence-electron chi connectivity index (χ3n) is 4.89. The van der Waals surface area contributed by atoms with E-state index in [1.165, 1.54) is 4.90 Å². The number of rotatable bonds is 5. The van der Waals surface area contributed by atoms with Crippen LogP contribution in [0.25, 0.3) is 5.57 Å². The zero-order valence-electron chi connectivity index (χ0n) is 16.3. The molecule has 2 amide bonds. The highest BCUT2D eigenvalue weighted by Crippen LogP contribution is 2.31. The largest absolute Gasteiger partial charge is 0.350 e. The van der Waals surface area contributed by atoms with Crippen LogP contribution in [-0.4, -0.2) is 21.7 Å². The zero-order chi connectivity index (χ0) is 20.4. The summed E-state index contributed by atoms with van der Waals surface area (Å²) in [5, 5.41) is 3.20. The van der Waals surface area contributed by atoms with Crippen LogP contribution in [0.4, 0.5) is 5.69 Å². The van der Waals surface area contributed by atoms with Gasteiger partial charge in [-0.25, -0.2) is 0 Å². The molecule has 4 rings (SSSR count). The lowest BCUT2D eigenvalue weighted by molar-refractivity contribution is -0.137. The molecule has 0 saturated heterocycles. The van der Waals surface area contributed by atoms with Crippen LogP contribution in [0.3, 0.4) is 0 Å². The summed E-state index contributed by atoms with van der Waals surface area (Å²) in [5.41, 5.74) is 5.20. The van der Waals surface area contributed by atoms with E-state index in [-0.39, 0.29) is 18.4 Å². The quantitative estimate of drug-likeness (QED) is 0.674. The fraction of sp³-hybridized carbons (Fsp3) is 0.125. The van der Waals surface area contributed by atoms with Crippen molar-refractivity contribution in [3.63, 3.8) is 0 Å². The van der Waals surface area contributed by atoms with Crippen molar-refractivity contribution >= 4 is 23.1 Å². The molecule has 144 valence electrons. The Morgan fingerprint density at radius 2 is 1.59 bits per heavy atom. The highest BCUT2D eigenvalue weighted by Gasteiger charge is 2.39. The Bertz CT molecular complexity index is 1100. The van der Waals surface area contributed by atoms with Crippen LogP contribution < -0.4 is 5.32 Å². The van der Waals surface area contributed by atoms with Crippen LogP contribution in [-0.2, 0) is 16.1 Å². The lowest BCUT2D eigenvalue weighted by Gasteiger charge is -2.15. The van der Waals surface area contributed by atoms with E-state index in [4.69, 9.17) is 0 Å². The van der Waals surface area contributed by atoms with Crippen molar-refractivity contribution in [3.8, 4) is 0 Å². The van der Waals surface area contributed by atoms with Crippen molar-refractivity contribution in [2.45, 2.75) is 20.4 Å². The Morgan fingerprint density at radius 1 is 0.862 bits per heavy atom. The molecule has 29 heavy (non-hydrogen) atoms. The molecule has 1 aliphatic rings. The van der Waals surface area contributed by atoms with Crippen molar-refractivity contribution in [1.29, 1.82) is 0 Å². The normalized spacial score (nSPS) is 13.9. The van der Waals surface area contributed by atoms with Gasteiger partial charge in [-0.15, -0.1) is 0 Å². The van der Waals surface area contributed by atoms with Gasteiger partial charge in [0.05, 0.1) is 12.1 Å². The summed E-state index contributed by atoms with van der Waals surface area (Å²) in [4.78, 5) is 31.8. The third-order valence-corrected chi connectivity index (χ3v) is 4.89. The monoisotopic (exact) mass is 383 g/mol. The van der Waals surface area contributed by atoms with Crippen LogP contribution in [0.5, 0.6) is 0 Å². The molecule has 0 radical (unpaired) electrons. The molecule has 1 aliphatic heterocycles. The maximum absolute atomic E-state index is 13.3. The number of carbonyl (C=O) groups excluding carboxylic acids is 2. The van der Waals surface area contributed by atoms with E-state index in [1.807, 2.05) is 62.4 Å². The summed E-state index contributed by atoms with van der Waals surface area (Å²) in [7, 11) is 0. The number of anilines is 1. The molecule has 5 heteroatoms. The van der Waals surface area contributed by atoms with Gasteiger partial charge in [0.15, 0.2) is 0 Å². The zero-order valence-corrected chi connectivity index (χ0v) is 16.3. The highest BCUT2D eigenvalue weighted by molar-refractivity contribution is 6.36. The summed E-state index contributed by atoms with van der Waals surface area (Å²) >= 11 is 0. The lowest BCUT2D eigenvalue weighted by Crippen LogP contribution is -2.32. The van der Waals surface area contributed by atoms with E-state index in [1.54, 1.807) is 24.5 Å². The second-order valence-electron chi connectivity index (χ2n) is 7.16. The smallest absolute Gasteiger partial charge is 0.278 e. The maximum Gasteiger partial charge on any atom is 0.278 e. The van der Waals surface area contributed by atoms with Gasteiger partial charge in [0.25, 0.3) is 11.8 Å². The summed E-state index contributed by atoms with van der Waals surface area (Å²) < 4.78 is 0. The van der Waals surface area contributed by atoms with Gasteiger partial charge in [-0.05, 0) is 54.8 Å². The Hall–Kier alpha value is -3.73. The summed E-state index contributed by atoms with van der Waals surface area (Å²) in [6, 6.07) is 19.0. The molecule has 0 saturated carbocycles. The number of benzene rings is 2.